The molecule has 6 heteroatoms. The lowest BCUT2D eigenvalue weighted by atomic mass is 10.0. The number of rotatable bonds is 6. The van der Waals surface area contributed by atoms with Gasteiger partial charge in [-0.15, -0.1) is 0 Å². The molecule has 0 atom stereocenters. The monoisotopic (exact) mass is 421 g/mol. The average molecular weight is 421 g/mol. The summed E-state index contributed by atoms with van der Waals surface area (Å²) in [4.78, 5) is 17.2. The van der Waals surface area contributed by atoms with Crippen molar-refractivity contribution in [2.45, 2.75) is 6.42 Å². The normalized spacial score (nSPS) is 10.8. The SMILES string of the molecule is O=C(Nc1ccccc1Cc1nc(-c2ccco2)no1)c1ccc(-c2ccccc2)cc1. The number of nitrogens with zero attached hydrogens (tertiary/aromatic N) is 2. The highest BCUT2D eigenvalue weighted by atomic mass is 16.5. The van der Waals surface area contributed by atoms with E-state index in [1.54, 1.807) is 18.4 Å². The maximum absolute atomic E-state index is 12.9. The molecule has 2 aromatic heterocycles. The fraction of sp³-hybridized carbons (Fsp3) is 0.0385. The van der Waals surface area contributed by atoms with E-state index in [1.165, 1.54) is 0 Å². The molecule has 1 amide bonds. The quantitative estimate of drug-likeness (QED) is 0.372. The first kappa shape index (κ1) is 19.5. The van der Waals surface area contributed by atoms with Crippen molar-refractivity contribution in [3.8, 4) is 22.7 Å². The Kier molecular flexibility index (Phi) is 5.32. The minimum Gasteiger partial charge on any atom is -0.461 e. The molecule has 5 aromatic rings. The lowest BCUT2D eigenvalue weighted by Gasteiger charge is -2.10. The number of hydrogen-bond acceptors (Lipinski definition) is 5. The Bertz CT molecular complexity index is 1320. The van der Waals surface area contributed by atoms with Gasteiger partial charge in [0.15, 0.2) is 5.76 Å². The van der Waals surface area contributed by atoms with Gasteiger partial charge in [-0.05, 0) is 47.0 Å². The lowest BCUT2D eigenvalue weighted by Crippen LogP contribution is -2.13. The highest BCUT2D eigenvalue weighted by Gasteiger charge is 2.14. The van der Waals surface area contributed by atoms with Crippen molar-refractivity contribution in [3.63, 3.8) is 0 Å². The van der Waals surface area contributed by atoms with Crippen LogP contribution in [0.25, 0.3) is 22.7 Å². The van der Waals surface area contributed by atoms with Gasteiger partial charge in [0, 0.05) is 11.3 Å². The van der Waals surface area contributed by atoms with Gasteiger partial charge in [-0.3, -0.25) is 4.79 Å². The molecule has 0 aliphatic heterocycles. The van der Waals surface area contributed by atoms with Gasteiger partial charge in [0.25, 0.3) is 5.91 Å². The fourth-order valence-electron chi connectivity index (χ4n) is 3.43. The summed E-state index contributed by atoms with van der Waals surface area (Å²) in [6, 6.07) is 28.7. The van der Waals surface area contributed by atoms with Crippen LogP contribution in [-0.2, 0) is 6.42 Å². The van der Waals surface area contributed by atoms with E-state index < -0.39 is 0 Å². The number of hydrogen-bond donors (Lipinski definition) is 1. The number of aromatic nitrogens is 2. The minimum absolute atomic E-state index is 0.182. The number of carbonyl (C=O) groups excluding carboxylic acids is 1. The second-order valence-corrected chi connectivity index (χ2v) is 7.22. The van der Waals surface area contributed by atoms with Gasteiger partial charge in [-0.2, -0.15) is 4.98 Å². The first-order valence-electron chi connectivity index (χ1n) is 10.2. The average Bonchev–Trinajstić information content (AvgIpc) is 3.53. The van der Waals surface area contributed by atoms with Crippen molar-refractivity contribution in [1.82, 2.24) is 10.1 Å². The van der Waals surface area contributed by atoms with Crippen molar-refractivity contribution in [2.24, 2.45) is 0 Å². The molecule has 0 aliphatic carbocycles. The van der Waals surface area contributed by atoms with Gasteiger partial charge in [-0.1, -0.05) is 65.8 Å². The largest absolute Gasteiger partial charge is 0.461 e. The zero-order valence-corrected chi connectivity index (χ0v) is 17.1. The van der Waals surface area contributed by atoms with Gasteiger partial charge >= 0.3 is 0 Å². The Morgan fingerprint density at radius 2 is 1.56 bits per heavy atom. The van der Waals surface area contributed by atoms with Crippen LogP contribution in [-0.4, -0.2) is 16.0 Å². The standard InChI is InChI=1S/C26H19N3O3/c30-26(20-14-12-19(13-15-20)18-7-2-1-3-8-18)27-22-10-5-4-9-21(22)17-24-28-25(29-32-24)23-11-6-16-31-23/h1-16H,17H2,(H,27,30). The van der Waals surface area contributed by atoms with Crippen LogP contribution in [0.5, 0.6) is 0 Å². The van der Waals surface area contributed by atoms with E-state index >= 15 is 0 Å². The smallest absolute Gasteiger partial charge is 0.255 e. The Morgan fingerprint density at radius 1 is 0.812 bits per heavy atom. The van der Waals surface area contributed by atoms with Crippen LogP contribution >= 0.6 is 0 Å². The third-order valence-corrected chi connectivity index (χ3v) is 5.07. The Labute approximate surface area is 184 Å². The van der Waals surface area contributed by atoms with Crippen LogP contribution in [0.3, 0.4) is 0 Å². The molecule has 6 nitrogen and oxygen atoms in total. The summed E-state index contributed by atoms with van der Waals surface area (Å²) in [6.07, 6.45) is 1.94. The molecule has 0 bridgehead atoms. The zero-order valence-electron chi connectivity index (χ0n) is 17.1. The summed E-state index contributed by atoms with van der Waals surface area (Å²) in [7, 11) is 0. The lowest BCUT2D eigenvalue weighted by molar-refractivity contribution is 0.102. The second kappa shape index (κ2) is 8.73. The molecule has 5 rings (SSSR count). The molecule has 0 aliphatic rings. The number of benzene rings is 3. The van der Waals surface area contributed by atoms with Crippen LogP contribution in [0.15, 0.2) is 106 Å². The van der Waals surface area contributed by atoms with E-state index in [9.17, 15) is 4.79 Å². The molecule has 0 unspecified atom stereocenters. The second-order valence-electron chi connectivity index (χ2n) is 7.22. The highest BCUT2D eigenvalue weighted by molar-refractivity contribution is 6.04. The molecule has 0 fully saturated rings. The molecule has 2 heterocycles. The summed E-state index contributed by atoms with van der Waals surface area (Å²) >= 11 is 0. The van der Waals surface area contributed by atoms with E-state index in [-0.39, 0.29) is 5.91 Å². The van der Waals surface area contributed by atoms with Crippen molar-refractivity contribution in [1.29, 1.82) is 0 Å². The number of para-hydroxylation sites is 1. The molecule has 0 saturated carbocycles. The van der Waals surface area contributed by atoms with Crippen molar-refractivity contribution < 1.29 is 13.7 Å². The van der Waals surface area contributed by atoms with Crippen LogP contribution in [0.1, 0.15) is 21.8 Å². The molecule has 3 aromatic carbocycles. The fourth-order valence-corrected chi connectivity index (χ4v) is 3.43. The van der Waals surface area contributed by atoms with Crippen molar-refractivity contribution in [2.75, 3.05) is 5.32 Å². The third-order valence-electron chi connectivity index (χ3n) is 5.07. The summed E-state index contributed by atoms with van der Waals surface area (Å²) in [5.74, 6) is 1.19. The van der Waals surface area contributed by atoms with E-state index in [1.807, 2.05) is 78.9 Å². The number of carbonyl (C=O) groups is 1. The van der Waals surface area contributed by atoms with E-state index in [2.05, 4.69) is 15.5 Å². The molecule has 32 heavy (non-hydrogen) atoms. The zero-order chi connectivity index (χ0) is 21.8. The number of amides is 1. The number of anilines is 1. The van der Waals surface area contributed by atoms with Crippen LogP contribution in [0.4, 0.5) is 5.69 Å². The molecule has 0 radical (unpaired) electrons. The third kappa shape index (κ3) is 4.20. The van der Waals surface area contributed by atoms with Gasteiger partial charge in [-0.25, -0.2) is 0 Å². The first-order valence-corrected chi connectivity index (χ1v) is 10.2. The van der Waals surface area contributed by atoms with Crippen LogP contribution < -0.4 is 5.32 Å². The van der Waals surface area contributed by atoms with Crippen LogP contribution in [0, 0.1) is 0 Å². The van der Waals surface area contributed by atoms with Gasteiger partial charge in [0.2, 0.25) is 11.7 Å². The Morgan fingerprint density at radius 3 is 2.34 bits per heavy atom. The summed E-state index contributed by atoms with van der Waals surface area (Å²) in [5.41, 5.74) is 4.32. The molecular weight excluding hydrogens is 402 g/mol. The predicted molar refractivity (Wildman–Crippen MR) is 121 cm³/mol. The molecular formula is C26H19N3O3. The van der Waals surface area contributed by atoms with Crippen molar-refractivity contribution in [3.05, 3.63) is 114 Å². The molecule has 0 spiro atoms. The van der Waals surface area contributed by atoms with Gasteiger partial charge in [0.1, 0.15) is 0 Å². The molecule has 1 N–H and O–H groups in total. The summed E-state index contributed by atoms with van der Waals surface area (Å²) < 4.78 is 10.7. The van der Waals surface area contributed by atoms with E-state index in [4.69, 9.17) is 8.94 Å². The van der Waals surface area contributed by atoms with E-state index in [0.29, 0.717) is 35.1 Å². The minimum atomic E-state index is -0.182. The highest BCUT2D eigenvalue weighted by Crippen LogP contribution is 2.23. The van der Waals surface area contributed by atoms with E-state index in [0.717, 1.165) is 16.7 Å². The Hall–Kier alpha value is -4.45. The Balaban J connectivity index is 1.31. The molecule has 0 saturated heterocycles. The van der Waals surface area contributed by atoms with Crippen molar-refractivity contribution >= 4 is 11.6 Å². The summed E-state index contributed by atoms with van der Waals surface area (Å²) in [6.45, 7) is 0. The maximum Gasteiger partial charge on any atom is 0.255 e. The predicted octanol–water partition coefficient (Wildman–Crippen LogP) is 5.84. The number of nitrogens with one attached hydrogen (secondary N) is 1. The first-order chi connectivity index (χ1) is 15.8. The summed E-state index contributed by atoms with van der Waals surface area (Å²) in [5, 5.41) is 6.95. The van der Waals surface area contributed by atoms with Gasteiger partial charge < -0.3 is 14.3 Å². The maximum atomic E-state index is 12.9. The van der Waals surface area contributed by atoms with Crippen LogP contribution in [0.2, 0.25) is 0 Å². The topological polar surface area (TPSA) is 81.2 Å². The van der Waals surface area contributed by atoms with Gasteiger partial charge in [0.05, 0.1) is 12.7 Å². The number of furan rings is 1. The molecule has 156 valence electrons.